The molecule has 1 aliphatic heterocycles. The Bertz CT molecular complexity index is 820. The normalized spacial score (nSPS) is 22.7. The number of amides is 2. The lowest BCUT2D eigenvalue weighted by Gasteiger charge is -2.42. The summed E-state index contributed by atoms with van der Waals surface area (Å²) in [6, 6.07) is 5.78. The van der Waals surface area contributed by atoms with Crippen molar-refractivity contribution in [2.75, 3.05) is 6.54 Å². The van der Waals surface area contributed by atoms with E-state index in [2.05, 4.69) is 25.2 Å². The van der Waals surface area contributed by atoms with Crippen molar-refractivity contribution < 1.29 is 14.7 Å². The van der Waals surface area contributed by atoms with Gasteiger partial charge in [-0.05, 0) is 49.0 Å². The van der Waals surface area contributed by atoms with Crippen molar-refractivity contribution in [3.8, 4) is 0 Å². The van der Waals surface area contributed by atoms with Gasteiger partial charge in [-0.25, -0.2) is 4.79 Å². The first-order valence-corrected chi connectivity index (χ1v) is 11.5. The lowest BCUT2D eigenvalue weighted by atomic mass is 9.78. The Labute approximate surface area is 181 Å². The van der Waals surface area contributed by atoms with Gasteiger partial charge in [0.25, 0.3) is 0 Å². The second kappa shape index (κ2) is 9.00. The first-order chi connectivity index (χ1) is 13.7. The Balaban J connectivity index is 1.88. The standard InChI is InChI=1S/C22H29ClN2O3S/c1-14(2)17-13-25(11-10-20(26)27)21(28)24-22(17,3)15-8-9-19(18(23)12-15)29-16-6-4-5-7-16/h8-9,12-14,16H,4-7,10-11H2,1-3H3,(H,24,28)(H,26,27)/t22-/m0/s1. The monoisotopic (exact) mass is 436 g/mol. The average molecular weight is 437 g/mol. The maximum atomic E-state index is 12.7. The molecule has 0 bridgehead atoms. The molecule has 2 amide bonds. The van der Waals surface area contributed by atoms with Crippen LogP contribution in [-0.4, -0.2) is 33.8 Å². The molecule has 0 spiro atoms. The van der Waals surface area contributed by atoms with Crippen LogP contribution in [0.25, 0.3) is 0 Å². The third kappa shape index (κ3) is 4.92. The van der Waals surface area contributed by atoms with Crippen LogP contribution in [0.5, 0.6) is 0 Å². The Morgan fingerprint density at radius 3 is 2.66 bits per heavy atom. The van der Waals surface area contributed by atoms with Crippen LogP contribution in [0.2, 0.25) is 5.02 Å². The lowest BCUT2D eigenvalue weighted by molar-refractivity contribution is -0.137. The molecular formula is C22H29ClN2O3S. The molecule has 1 aromatic rings. The largest absolute Gasteiger partial charge is 0.481 e. The number of aliphatic carboxylic acids is 1. The maximum Gasteiger partial charge on any atom is 0.322 e. The van der Waals surface area contributed by atoms with E-state index in [1.807, 2.05) is 37.0 Å². The van der Waals surface area contributed by atoms with Crippen molar-refractivity contribution in [2.24, 2.45) is 5.92 Å². The Kier molecular flexibility index (Phi) is 6.84. The molecule has 1 aliphatic carbocycles. The van der Waals surface area contributed by atoms with Gasteiger partial charge in [0.05, 0.1) is 17.0 Å². The van der Waals surface area contributed by atoms with Gasteiger partial charge >= 0.3 is 12.0 Å². The minimum atomic E-state index is -0.923. The number of nitrogens with one attached hydrogen (secondary N) is 1. The molecule has 1 atom stereocenters. The highest BCUT2D eigenvalue weighted by Crippen LogP contribution is 2.42. The van der Waals surface area contributed by atoms with Crippen LogP contribution in [0.15, 0.2) is 34.9 Å². The van der Waals surface area contributed by atoms with Gasteiger partial charge in [-0.1, -0.05) is 44.4 Å². The lowest BCUT2D eigenvalue weighted by Crippen LogP contribution is -2.54. The predicted octanol–water partition coefficient (Wildman–Crippen LogP) is 5.63. The van der Waals surface area contributed by atoms with Crippen LogP contribution in [0.1, 0.15) is 58.4 Å². The zero-order chi connectivity index (χ0) is 21.2. The van der Waals surface area contributed by atoms with E-state index in [0.717, 1.165) is 16.0 Å². The SMILES string of the molecule is CC(C)C1=CN(CCC(=O)O)C(=O)N[C@@]1(C)c1ccc(SC2CCCC2)c(Cl)c1. The second-order valence-electron chi connectivity index (χ2n) is 8.30. The minimum Gasteiger partial charge on any atom is -0.481 e. The quantitative estimate of drug-likeness (QED) is 0.581. The highest BCUT2D eigenvalue weighted by Gasteiger charge is 2.40. The molecule has 1 heterocycles. The third-order valence-electron chi connectivity index (χ3n) is 5.78. The number of carboxylic acid groups (broad SMARTS) is 1. The summed E-state index contributed by atoms with van der Waals surface area (Å²) in [5, 5.41) is 13.4. The fourth-order valence-corrected chi connectivity index (χ4v) is 5.71. The van der Waals surface area contributed by atoms with Gasteiger partial charge in [-0.15, -0.1) is 11.8 Å². The summed E-state index contributed by atoms with van der Waals surface area (Å²) < 4.78 is 0. The summed E-state index contributed by atoms with van der Waals surface area (Å²) in [4.78, 5) is 26.1. The summed E-state index contributed by atoms with van der Waals surface area (Å²) in [7, 11) is 0. The van der Waals surface area contributed by atoms with Crippen molar-refractivity contribution in [2.45, 2.75) is 68.6 Å². The van der Waals surface area contributed by atoms with Crippen molar-refractivity contribution in [1.82, 2.24) is 10.2 Å². The van der Waals surface area contributed by atoms with Crippen LogP contribution in [-0.2, 0) is 10.3 Å². The van der Waals surface area contributed by atoms with E-state index in [0.29, 0.717) is 10.3 Å². The van der Waals surface area contributed by atoms with Crippen LogP contribution < -0.4 is 5.32 Å². The first-order valence-electron chi connectivity index (χ1n) is 10.2. The summed E-state index contributed by atoms with van der Waals surface area (Å²) >= 11 is 8.49. The molecular weight excluding hydrogens is 408 g/mol. The number of thioether (sulfide) groups is 1. The number of halogens is 1. The molecule has 5 nitrogen and oxygen atoms in total. The summed E-state index contributed by atoms with van der Waals surface area (Å²) in [6.45, 7) is 6.28. The number of carbonyl (C=O) groups is 2. The highest BCUT2D eigenvalue weighted by molar-refractivity contribution is 8.00. The van der Waals surface area contributed by atoms with Gasteiger partial charge in [0.2, 0.25) is 0 Å². The van der Waals surface area contributed by atoms with Crippen LogP contribution in [0, 0.1) is 5.92 Å². The first kappa shape index (κ1) is 22.0. The Morgan fingerprint density at radius 2 is 2.07 bits per heavy atom. The van der Waals surface area contributed by atoms with Crippen LogP contribution in [0.3, 0.4) is 0 Å². The van der Waals surface area contributed by atoms with Crippen molar-refractivity contribution in [1.29, 1.82) is 0 Å². The number of hydrogen-bond donors (Lipinski definition) is 2. The fourth-order valence-electron chi connectivity index (χ4n) is 4.15. The minimum absolute atomic E-state index is 0.0923. The molecule has 1 aromatic carbocycles. The fraction of sp³-hybridized carbons (Fsp3) is 0.545. The van der Waals surface area contributed by atoms with E-state index >= 15 is 0 Å². The summed E-state index contributed by atoms with van der Waals surface area (Å²) in [5.41, 5.74) is 1.27. The molecule has 0 unspecified atom stereocenters. The molecule has 1 fully saturated rings. The molecule has 2 N–H and O–H groups in total. The molecule has 2 aliphatic rings. The van der Waals surface area contributed by atoms with Gasteiger partial charge in [0.1, 0.15) is 0 Å². The van der Waals surface area contributed by atoms with Crippen molar-refractivity contribution in [3.05, 3.63) is 40.6 Å². The molecule has 29 heavy (non-hydrogen) atoms. The number of carboxylic acids is 1. The maximum absolute atomic E-state index is 12.7. The third-order valence-corrected chi connectivity index (χ3v) is 7.62. The van der Waals surface area contributed by atoms with Gasteiger partial charge in [-0.3, -0.25) is 4.79 Å². The van der Waals surface area contributed by atoms with E-state index in [-0.39, 0.29) is 24.9 Å². The zero-order valence-corrected chi connectivity index (χ0v) is 18.8. The van der Waals surface area contributed by atoms with Gasteiger partial charge in [-0.2, -0.15) is 0 Å². The van der Waals surface area contributed by atoms with Gasteiger partial charge < -0.3 is 15.3 Å². The molecule has 0 radical (unpaired) electrons. The number of urea groups is 1. The molecule has 0 saturated heterocycles. The van der Waals surface area contributed by atoms with Crippen molar-refractivity contribution in [3.63, 3.8) is 0 Å². The Morgan fingerprint density at radius 1 is 1.38 bits per heavy atom. The van der Waals surface area contributed by atoms with Gasteiger partial charge in [0.15, 0.2) is 0 Å². The number of carbonyl (C=O) groups excluding carboxylic acids is 1. The smallest absolute Gasteiger partial charge is 0.322 e. The Hall–Kier alpha value is -1.66. The summed E-state index contributed by atoms with van der Waals surface area (Å²) in [5.74, 6) is -0.757. The molecule has 158 valence electrons. The predicted molar refractivity (Wildman–Crippen MR) is 117 cm³/mol. The second-order valence-corrected chi connectivity index (χ2v) is 10.1. The van der Waals surface area contributed by atoms with Crippen LogP contribution >= 0.6 is 23.4 Å². The number of benzene rings is 1. The molecule has 0 aromatic heterocycles. The van der Waals surface area contributed by atoms with E-state index in [4.69, 9.17) is 16.7 Å². The number of hydrogen-bond acceptors (Lipinski definition) is 3. The van der Waals surface area contributed by atoms with E-state index in [1.54, 1.807) is 0 Å². The van der Waals surface area contributed by atoms with Crippen molar-refractivity contribution >= 4 is 35.4 Å². The highest BCUT2D eigenvalue weighted by atomic mass is 35.5. The van der Waals surface area contributed by atoms with Crippen LogP contribution in [0.4, 0.5) is 4.79 Å². The van der Waals surface area contributed by atoms with E-state index < -0.39 is 11.5 Å². The average Bonchev–Trinajstić information content (AvgIpc) is 3.15. The summed E-state index contributed by atoms with van der Waals surface area (Å²) in [6.07, 6.45) is 6.77. The topological polar surface area (TPSA) is 69.6 Å². The molecule has 1 saturated carbocycles. The van der Waals surface area contributed by atoms with E-state index in [9.17, 15) is 9.59 Å². The van der Waals surface area contributed by atoms with E-state index in [1.165, 1.54) is 30.6 Å². The zero-order valence-electron chi connectivity index (χ0n) is 17.2. The molecule has 3 rings (SSSR count). The number of rotatable bonds is 7. The molecule has 7 heteroatoms. The van der Waals surface area contributed by atoms with Gasteiger partial charge in [0, 0.05) is 22.9 Å². The number of nitrogens with zero attached hydrogens (tertiary/aromatic N) is 1.